The van der Waals surface area contributed by atoms with Gasteiger partial charge in [0.25, 0.3) is 0 Å². The molecule has 0 amide bonds. The van der Waals surface area contributed by atoms with E-state index in [1.54, 1.807) is 0 Å². The Hall–Kier alpha value is -1.35. The van der Waals surface area contributed by atoms with Gasteiger partial charge >= 0.3 is 5.97 Å². The van der Waals surface area contributed by atoms with Gasteiger partial charge in [0.15, 0.2) is 0 Å². The van der Waals surface area contributed by atoms with Gasteiger partial charge in [0.2, 0.25) is 0 Å². The third kappa shape index (κ3) is 2.41. The molecular formula is C15H15BrO2. The molecule has 0 saturated carbocycles. The SMILES string of the molecule is CC(C)(CC(=O)O)c1ccc(Br)c2ccccc12. The van der Waals surface area contributed by atoms with Gasteiger partial charge in [0.1, 0.15) is 0 Å². The van der Waals surface area contributed by atoms with Gasteiger partial charge in [-0.1, -0.05) is 60.1 Å². The van der Waals surface area contributed by atoms with Gasteiger partial charge < -0.3 is 5.11 Å². The summed E-state index contributed by atoms with van der Waals surface area (Å²) in [5, 5.41) is 11.3. The van der Waals surface area contributed by atoms with E-state index in [2.05, 4.69) is 15.9 Å². The van der Waals surface area contributed by atoms with Crippen molar-refractivity contribution in [3.05, 3.63) is 46.4 Å². The summed E-state index contributed by atoms with van der Waals surface area (Å²) < 4.78 is 1.04. The Kier molecular flexibility index (Phi) is 3.44. The molecule has 0 aliphatic rings. The van der Waals surface area contributed by atoms with Gasteiger partial charge in [-0.2, -0.15) is 0 Å². The minimum atomic E-state index is -0.771. The highest BCUT2D eigenvalue weighted by molar-refractivity contribution is 9.10. The van der Waals surface area contributed by atoms with E-state index in [-0.39, 0.29) is 11.8 Å². The van der Waals surface area contributed by atoms with Crippen LogP contribution in [0.3, 0.4) is 0 Å². The van der Waals surface area contributed by atoms with Gasteiger partial charge in [0.05, 0.1) is 6.42 Å². The summed E-state index contributed by atoms with van der Waals surface area (Å²) in [5.74, 6) is -0.771. The molecule has 94 valence electrons. The third-order valence-corrected chi connectivity index (χ3v) is 3.88. The topological polar surface area (TPSA) is 37.3 Å². The summed E-state index contributed by atoms with van der Waals surface area (Å²) in [6.45, 7) is 3.94. The Balaban J connectivity index is 2.65. The van der Waals surface area contributed by atoms with Crippen molar-refractivity contribution in [2.45, 2.75) is 25.7 Å². The van der Waals surface area contributed by atoms with E-state index in [0.717, 1.165) is 20.8 Å². The molecule has 2 aromatic rings. The summed E-state index contributed by atoms with van der Waals surface area (Å²) in [7, 11) is 0. The van der Waals surface area contributed by atoms with Crippen LogP contribution in [0.2, 0.25) is 0 Å². The quantitative estimate of drug-likeness (QED) is 0.915. The molecule has 0 saturated heterocycles. The molecular weight excluding hydrogens is 292 g/mol. The molecule has 0 radical (unpaired) electrons. The van der Waals surface area contributed by atoms with Crippen LogP contribution >= 0.6 is 15.9 Å². The summed E-state index contributed by atoms with van der Waals surface area (Å²) in [4.78, 5) is 11.0. The fourth-order valence-corrected chi connectivity index (χ4v) is 2.80. The first kappa shape index (κ1) is 13.1. The van der Waals surface area contributed by atoms with E-state index >= 15 is 0 Å². The van der Waals surface area contributed by atoms with Crippen LogP contribution in [0.1, 0.15) is 25.8 Å². The fraction of sp³-hybridized carbons (Fsp3) is 0.267. The first-order chi connectivity index (χ1) is 8.42. The number of carbonyl (C=O) groups is 1. The smallest absolute Gasteiger partial charge is 0.304 e. The zero-order chi connectivity index (χ0) is 13.3. The fourth-order valence-electron chi connectivity index (χ4n) is 2.33. The van der Waals surface area contributed by atoms with Crippen molar-refractivity contribution in [1.82, 2.24) is 0 Å². The minimum Gasteiger partial charge on any atom is -0.481 e. The van der Waals surface area contributed by atoms with Crippen LogP contribution in [0.25, 0.3) is 10.8 Å². The number of fused-ring (bicyclic) bond motifs is 1. The summed E-state index contributed by atoms with van der Waals surface area (Å²) >= 11 is 3.53. The Morgan fingerprint density at radius 2 is 1.78 bits per heavy atom. The zero-order valence-electron chi connectivity index (χ0n) is 10.4. The van der Waals surface area contributed by atoms with Gasteiger partial charge in [0, 0.05) is 9.89 Å². The molecule has 0 fully saturated rings. The Bertz CT molecular complexity index is 602. The van der Waals surface area contributed by atoms with Crippen LogP contribution < -0.4 is 0 Å². The number of hydrogen-bond acceptors (Lipinski definition) is 1. The van der Waals surface area contributed by atoms with Gasteiger partial charge in [-0.25, -0.2) is 0 Å². The molecule has 0 aromatic heterocycles. The molecule has 0 atom stereocenters. The van der Waals surface area contributed by atoms with Crippen molar-refractivity contribution < 1.29 is 9.90 Å². The summed E-state index contributed by atoms with van der Waals surface area (Å²) in [6.07, 6.45) is 0.124. The zero-order valence-corrected chi connectivity index (χ0v) is 12.0. The number of rotatable bonds is 3. The van der Waals surface area contributed by atoms with Crippen LogP contribution in [0, 0.1) is 0 Å². The van der Waals surface area contributed by atoms with Gasteiger partial charge in [-0.3, -0.25) is 4.79 Å². The van der Waals surface area contributed by atoms with Gasteiger partial charge in [-0.15, -0.1) is 0 Å². The lowest BCUT2D eigenvalue weighted by atomic mass is 9.79. The van der Waals surface area contributed by atoms with E-state index in [9.17, 15) is 4.79 Å². The molecule has 0 heterocycles. The monoisotopic (exact) mass is 306 g/mol. The van der Waals surface area contributed by atoms with Crippen molar-refractivity contribution in [1.29, 1.82) is 0 Å². The van der Waals surface area contributed by atoms with Crippen LogP contribution in [0.5, 0.6) is 0 Å². The highest BCUT2D eigenvalue weighted by Gasteiger charge is 2.26. The molecule has 0 aliphatic carbocycles. The highest BCUT2D eigenvalue weighted by Crippen LogP contribution is 2.35. The maximum Gasteiger partial charge on any atom is 0.304 e. The maximum absolute atomic E-state index is 11.0. The van der Waals surface area contributed by atoms with Crippen molar-refractivity contribution >= 4 is 32.7 Å². The minimum absolute atomic E-state index is 0.124. The second kappa shape index (κ2) is 4.73. The lowest BCUT2D eigenvalue weighted by molar-refractivity contribution is -0.138. The van der Waals surface area contributed by atoms with E-state index in [1.807, 2.05) is 50.2 Å². The largest absolute Gasteiger partial charge is 0.481 e. The van der Waals surface area contributed by atoms with E-state index < -0.39 is 5.97 Å². The average molecular weight is 307 g/mol. The molecule has 0 spiro atoms. The van der Waals surface area contributed by atoms with Crippen molar-refractivity contribution in [2.24, 2.45) is 0 Å². The molecule has 0 unspecified atom stereocenters. The molecule has 18 heavy (non-hydrogen) atoms. The maximum atomic E-state index is 11.0. The number of benzene rings is 2. The highest BCUT2D eigenvalue weighted by atomic mass is 79.9. The van der Waals surface area contributed by atoms with Crippen molar-refractivity contribution in [3.63, 3.8) is 0 Å². The van der Waals surface area contributed by atoms with Crippen LogP contribution in [-0.4, -0.2) is 11.1 Å². The second-order valence-electron chi connectivity index (χ2n) is 5.09. The summed E-state index contributed by atoms with van der Waals surface area (Å²) in [5.41, 5.74) is 0.690. The number of carboxylic acids is 1. The first-order valence-corrected chi connectivity index (χ1v) is 6.60. The Labute approximate surface area is 115 Å². The molecule has 0 bridgehead atoms. The molecule has 2 aromatic carbocycles. The second-order valence-corrected chi connectivity index (χ2v) is 5.95. The lowest BCUT2D eigenvalue weighted by Gasteiger charge is -2.25. The number of aliphatic carboxylic acids is 1. The number of halogens is 1. The third-order valence-electron chi connectivity index (χ3n) is 3.19. The number of carboxylic acid groups (broad SMARTS) is 1. The Morgan fingerprint density at radius 3 is 2.39 bits per heavy atom. The molecule has 2 rings (SSSR count). The van der Waals surface area contributed by atoms with Crippen LogP contribution in [-0.2, 0) is 10.2 Å². The predicted molar refractivity (Wildman–Crippen MR) is 76.9 cm³/mol. The lowest BCUT2D eigenvalue weighted by Crippen LogP contribution is -2.22. The first-order valence-electron chi connectivity index (χ1n) is 5.81. The molecule has 0 aliphatic heterocycles. The van der Waals surface area contributed by atoms with Crippen LogP contribution in [0.15, 0.2) is 40.9 Å². The standard InChI is InChI=1S/C15H15BrO2/c1-15(2,9-14(17)18)12-7-8-13(16)11-6-4-3-5-10(11)12/h3-8H,9H2,1-2H3,(H,17,18). The number of hydrogen-bond donors (Lipinski definition) is 1. The van der Waals surface area contributed by atoms with E-state index in [4.69, 9.17) is 5.11 Å². The molecule has 2 nitrogen and oxygen atoms in total. The summed E-state index contributed by atoms with van der Waals surface area (Å²) in [6, 6.07) is 12.0. The van der Waals surface area contributed by atoms with E-state index in [1.165, 1.54) is 0 Å². The molecule has 3 heteroatoms. The van der Waals surface area contributed by atoms with Crippen LogP contribution in [0.4, 0.5) is 0 Å². The van der Waals surface area contributed by atoms with Gasteiger partial charge in [-0.05, 0) is 22.4 Å². The Morgan fingerprint density at radius 1 is 1.17 bits per heavy atom. The van der Waals surface area contributed by atoms with E-state index in [0.29, 0.717) is 0 Å². The normalized spacial score (nSPS) is 11.7. The van der Waals surface area contributed by atoms with Crippen molar-refractivity contribution in [2.75, 3.05) is 0 Å². The van der Waals surface area contributed by atoms with Crippen molar-refractivity contribution in [3.8, 4) is 0 Å². The molecule has 1 N–H and O–H groups in total. The predicted octanol–water partition coefficient (Wildman–Crippen LogP) is 4.35. The average Bonchev–Trinajstić information content (AvgIpc) is 2.27.